The van der Waals surface area contributed by atoms with Gasteiger partial charge in [0.05, 0.1) is 43.8 Å². The quantitative estimate of drug-likeness (QED) is 0.803. The Hall–Kier alpha value is -1.50. The Kier molecular flexibility index (Phi) is 5.46. The highest BCUT2D eigenvalue weighted by atomic mass is 16.5. The van der Waals surface area contributed by atoms with Crippen LogP contribution in [-0.4, -0.2) is 50.0 Å². The summed E-state index contributed by atoms with van der Waals surface area (Å²) in [6, 6.07) is 3.44. The van der Waals surface area contributed by atoms with Gasteiger partial charge in [-0.05, 0) is 19.1 Å². The first-order chi connectivity index (χ1) is 9.69. The average molecular weight is 280 g/mol. The van der Waals surface area contributed by atoms with Crippen molar-refractivity contribution < 1.29 is 19.0 Å². The van der Waals surface area contributed by atoms with Gasteiger partial charge in [0.25, 0.3) is 0 Å². The minimum absolute atomic E-state index is 0.0769. The van der Waals surface area contributed by atoms with Crippen molar-refractivity contribution in [2.45, 2.75) is 25.7 Å². The molecule has 1 aromatic heterocycles. The van der Waals surface area contributed by atoms with E-state index in [-0.39, 0.29) is 18.2 Å². The molecule has 2 atom stereocenters. The molecular formula is C14H20N2O4. The smallest absolute Gasteiger partial charge is 0.339 e. The van der Waals surface area contributed by atoms with Crippen LogP contribution in [0.5, 0.6) is 0 Å². The molecule has 1 aliphatic rings. The van der Waals surface area contributed by atoms with E-state index in [4.69, 9.17) is 9.47 Å². The zero-order valence-corrected chi connectivity index (χ0v) is 11.8. The summed E-state index contributed by atoms with van der Waals surface area (Å²) in [6.45, 7) is 4.64. The standard InChI is InChI=1S/C14H20N2O4/c1-10-5-15-7-13(20-10)9-19-8-12-4-3-11(6-16-12)14(17)18-2/h3-4,6,10,13,15H,5,7-9H2,1-2H3. The lowest BCUT2D eigenvalue weighted by atomic mass is 10.2. The number of carbonyl (C=O) groups excluding carboxylic acids is 1. The molecule has 0 radical (unpaired) electrons. The van der Waals surface area contributed by atoms with Crippen LogP contribution in [0.3, 0.4) is 0 Å². The summed E-state index contributed by atoms with van der Waals surface area (Å²) in [5.41, 5.74) is 1.21. The Bertz CT molecular complexity index is 435. The number of hydrogen-bond donors (Lipinski definition) is 1. The first-order valence-corrected chi connectivity index (χ1v) is 6.66. The van der Waals surface area contributed by atoms with Crippen molar-refractivity contribution in [1.29, 1.82) is 0 Å². The molecule has 6 heteroatoms. The van der Waals surface area contributed by atoms with Crippen LogP contribution in [0, 0.1) is 0 Å². The Labute approximate surface area is 118 Å². The molecule has 0 bridgehead atoms. The minimum Gasteiger partial charge on any atom is -0.465 e. The summed E-state index contributed by atoms with van der Waals surface area (Å²) in [7, 11) is 1.35. The topological polar surface area (TPSA) is 69.7 Å². The predicted molar refractivity (Wildman–Crippen MR) is 72.4 cm³/mol. The zero-order valence-electron chi connectivity index (χ0n) is 11.8. The molecule has 2 heterocycles. The van der Waals surface area contributed by atoms with E-state index in [2.05, 4.69) is 15.0 Å². The van der Waals surface area contributed by atoms with Gasteiger partial charge in [0.2, 0.25) is 0 Å². The van der Waals surface area contributed by atoms with Crippen LogP contribution >= 0.6 is 0 Å². The molecule has 1 N–H and O–H groups in total. The lowest BCUT2D eigenvalue weighted by Gasteiger charge is -2.28. The molecule has 1 aromatic rings. The molecule has 1 saturated heterocycles. The van der Waals surface area contributed by atoms with Gasteiger partial charge < -0.3 is 19.5 Å². The second-order valence-electron chi connectivity index (χ2n) is 4.77. The van der Waals surface area contributed by atoms with Crippen molar-refractivity contribution >= 4 is 5.97 Å². The van der Waals surface area contributed by atoms with Crippen molar-refractivity contribution in [3.8, 4) is 0 Å². The maximum absolute atomic E-state index is 11.3. The molecule has 110 valence electrons. The molecular weight excluding hydrogens is 260 g/mol. The van der Waals surface area contributed by atoms with Crippen molar-refractivity contribution in [2.24, 2.45) is 0 Å². The van der Waals surface area contributed by atoms with E-state index < -0.39 is 0 Å². The van der Waals surface area contributed by atoms with Crippen molar-refractivity contribution in [1.82, 2.24) is 10.3 Å². The largest absolute Gasteiger partial charge is 0.465 e. The highest BCUT2D eigenvalue weighted by Gasteiger charge is 2.18. The lowest BCUT2D eigenvalue weighted by Crippen LogP contribution is -2.45. The fourth-order valence-corrected chi connectivity index (χ4v) is 2.01. The van der Waals surface area contributed by atoms with Crippen LogP contribution in [0.4, 0.5) is 0 Å². The summed E-state index contributed by atoms with van der Waals surface area (Å²) >= 11 is 0. The van der Waals surface area contributed by atoms with Crippen LogP contribution < -0.4 is 5.32 Å². The Morgan fingerprint density at radius 3 is 3.00 bits per heavy atom. The second-order valence-corrected chi connectivity index (χ2v) is 4.77. The molecule has 2 unspecified atom stereocenters. The number of esters is 1. The number of carbonyl (C=O) groups is 1. The molecule has 0 spiro atoms. The van der Waals surface area contributed by atoms with Crippen LogP contribution in [0.15, 0.2) is 18.3 Å². The second kappa shape index (κ2) is 7.33. The summed E-state index contributed by atoms with van der Waals surface area (Å²) in [5, 5.41) is 3.29. The van der Waals surface area contributed by atoms with Gasteiger partial charge in [0, 0.05) is 19.3 Å². The lowest BCUT2D eigenvalue weighted by molar-refractivity contribution is -0.0719. The number of aromatic nitrogens is 1. The summed E-state index contributed by atoms with van der Waals surface area (Å²) in [6.07, 6.45) is 1.79. The Morgan fingerprint density at radius 1 is 1.50 bits per heavy atom. The van der Waals surface area contributed by atoms with Gasteiger partial charge in [-0.25, -0.2) is 4.79 Å². The normalized spacial score (nSPS) is 22.5. The van der Waals surface area contributed by atoms with Gasteiger partial charge in [-0.3, -0.25) is 4.98 Å². The fourth-order valence-electron chi connectivity index (χ4n) is 2.01. The Balaban J connectivity index is 1.75. The molecule has 20 heavy (non-hydrogen) atoms. The number of morpholine rings is 1. The first kappa shape index (κ1) is 14.9. The zero-order chi connectivity index (χ0) is 14.4. The SMILES string of the molecule is COC(=O)c1ccc(COCC2CNCC(C)O2)nc1. The number of hydrogen-bond acceptors (Lipinski definition) is 6. The van der Waals surface area contributed by atoms with E-state index in [0.29, 0.717) is 18.8 Å². The number of nitrogens with one attached hydrogen (secondary N) is 1. The van der Waals surface area contributed by atoms with Gasteiger partial charge in [0.1, 0.15) is 0 Å². The number of pyridine rings is 1. The predicted octanol–water partition coefficient (Wildman–Crippen LogP) is 0.762. The van der Waals surface area contributed by atoms with Crippen molar-refractivity contribution in [3.63, 3.8) is 0 Å². The number of rotatable bonds is 5. The molecule has 2 rings (SSSR count). The van der Waals surface area contributed by atoms with Crippen LogP contribution in [0.25, 0.3) is 0 Å². The number of methoxy groups -OCH3 is 1. The Morgan fingerprint density at radius 2 is 2.35 bits per heavy atom. The summed E-state index contributed by atoms with van der Waals surface area (Å²) in [5.74, 6) is -0.388. The number of nitrogens with zero attached hydrogens (tertiary/aromatic N) is 1. The van der Waals surface area contributed by atoms with E-state index in [0.717, 1.165) is 18.8 Å². The molecule has 0 amide bonds. The van der Waals surface area contributed by atoms with Crippen LogP contribution in [0.2, 0.25) is 0 Å². The van der Waals surface area contributed by atoms with Crippen molar-refractivity contribution in [2.75, 3.05) is 26.8 Å². The fraction of sp³-hybridized carbons (Fsp3) is 0.571. The van der Waals surface area contributed by atoms with Crippen LogP contribution in [-0.2, 0) is 20.8 Å². The molecule has 1 fully saturated rings. The van der Waals surface area contributed by atoms with Gasteiger partial charge in [-0.15, -0.1) is 0 Å². The average Bonchev–Trinajstić information content (AvgIpc) is 2.47. The highest BCUT2D eigenvalue weighted by Crippen LogP contribution is 2.06. The third kappa shape index (κ3) is 4.26. The van der Waals surface area contributed by atoms with E-state index in [9.17, 15) is 4.79 Å². The van der Waals surface area contributed by atoms with E-state index in [1.165, 1.54) is 13.3 Å². The third-order valence-corrected chi connectivity index (χ3v) is 3.03. The van der Waals surface area contributed by atoms with Gasteiger partial charge in [-0.2, -0.15) is 0 Å². The monoisotopic (exact) mass is 280 g/mol. The maximum atomic E-state index is 11.3. The molecule has 0 aliphatic carbocycles. The van der Waals surface area contributed by atoms with Gasteiger partial charge in [0.15, 0.2) is 0 Å². The van der Waals surface area contributed by atoms with E-state index in [1.807, 2.05) is 6.92 Å². The molecule has 0 aromatic carbocycles. The number of ether oxygens (including phenoxy) is 3. The molecule has 1 aliphatic heterocycles. The maximum Gasteiger partial charge on any atom is 0.339 e. The summed E-state index contributed by atoms with van der Waals surface area (Å²) in [4.78, 5) is 15.4. The molecule has 0 saturated carbocycles. The van der Waals surface area contributed by atoms with Crippen molar-refractivity contribution in [3.05, 3.63) is 29.6 Å². The van der Waals surface area contributed by atoms with Crippen LogP contribution in [0.1, 0.15) is 23.0 Å². The first-order valence-electron chi connectivity index (χ1n) is 6.66. The minimum atomic E-state index is -0.388. The highest BCUT2D eigenvalue weighted by molar-refractivity contribution is 5.88. The summed E-state index contributed by atoms with van der Waals surface area (Å²) < 4.78 is 15.9. The van der Waals surface area contributed by atoms with Gasteiger partial charge >= 0.3 is 5.97 Å². The van der Waals surface area contributed by atoms with Gasteiger partial charge in [-0.1, -0.05) is 0 Å². The molecule has 6 nitrogen and oxygen atoms in total. The van der Waals surface area contributed by atoms with E-state index in [1.54, 1.807) is 12.1 Å². The van der Waals surface area contributed by atoms with E-state index >= 15 is 0 Å². The third-order valence-electron chi connectivity index (χ3n) is 3.03.